The number of likely N-dealkylation sites (tertiary alicyclic amines) is 1. The smallest absolute Gasteiger partial charge is 0.482 e. The molecule has 154 valence electrons. The Hall–Kier alpha value is -1.69. The summed E-state index contributed by atoms with van der Waals surface area (Å²) in [5.74, 6) is -0.0164. The third-order valence-electron chi connectivity index (χ3n) is 6.19. The molecule has 0 unspecified atom stereocenters. The van der Waals surface area contributed by atoms with E-state index in [1.165, 1.54) is 5.56 Å². The van der Waals surface area contributed by atoms with Gasteiger partial charge in [0.1, 0.15) is 12.4 Å². The van der Waals surface area contributed by atoms with Gasteiger partial charge in [0.2, 0.25) is 5.79 Å². The summed E-state index contributed by atoms with van der Waals surface area (Å²) in [5, 5.41) is 0. The van der Waals surface area contributed by atoms with Crippen LogP contribution in [0.4, 0.5) is 0 Å². The van der Waals surface area contributed by atoms with E-state index in [1.54, 1.807) is 0 Å². The molecule has 0 aromatic heterocycles. The van der Waals surface area contributed by atoms with E-state index in [9.17, 15) is 4.57 Å². The lowest BCUT2D eigenvalue weighted by atomic mass is 9.91. The standard InChI is InChI=1S/C22H26NO5P/c1-17(23-14-8-13-22-21(23,2)26-29(24,27-22)28-22)16-25-20-12-7-6-11-19(20)15-18-9-4-3-5-10-18/h3-7,9-12,17H,8,13-16H2,1-2H3/t17-,21+,22?,29?/m1/s1. The molecule has 0 aliphatic carbocycles. The summed E-state index contributed by atoms with van der Waals surface area (Å²) in [6.45, 7) is 5.32. The number of para-hydroxylation sites is 1. The highest BCUT2D eigenvalue weighted by Gasteiger charge is 2.79. The van der Waals surface area contributed by atoms with Gasteiger partial charge >= 0.3 is 7.82 Å². The second-order valence-corrected chi connectivity index (χ2v) is 9.63. The molecule has 1 spiro atoms. The summed E-state index contributed by atoms with van der Waals surface area (Å²) >= 11 is 0. The van der Waals surface area contributed by atoms with Crippen LogP contribution in [0.2, 0.25) is 0 Å². The van der Waals surface area contributed by atoms with Gasteiger partial charge in [-0.15, -0.1) is 0 Å². The fourth-order valence-corrected chi connectivity index (χ4v) is 6.71. The van der Waals surface area contributed by atoms with Crippen LogP contribution < -0.4 is 4.74 Å². The van der Waals surface area contributed by atoms with Gasteiger partial charge < -0.3 is 4.74 Å². The largest absolute Gasteiger partial charge is 0.492 e. The third-order valence-corrected chi connectivity index (χ3v) is 7.81. The molecule has 2 aromatic carbocycles. The van der Waals surface area contributed by atoms with Crippen LogP contribution in [0.3, 0.4) is 0 Å². The Labute approximate surface area is 171 Å². The summed E-state index contributed by atoms with van der Waals surface area (Å²) in [6, 6.07) is 18.6. The van der Waals surface area contributed by atoms with E-state index in [1.807, 2.05) is 31.2 Å². The first-order valence-corrected chi connectivity index (χ1v) is 11.6. The number of hydrogen-bond acceptors (Lipinski definition) is 6. The molecule has 6 rings (SSSR count). The summed E-state index contributed by atoms with van der Waals surface area (Å²) < 4.78 is 35.5. The van der Waals surface area contributed by atoms with E-state index < -0.39 is 19.3 Å². The van der Waals surface area contributed by atoms with Gasteiger partial charge in [0.15, 0.2) is 5.72 Å². The minimum absolute atomic E-state index is 0.0429. The fourth-order valence-electron chi connectivity index (χ4n) is 4.70. The second-order valence-electron chi connectivity index (χ2n) is 8.18. The molecular weight excluding hydrogens is 389 g/mol. The molecule has 29 heavy (non-hydrogen) atoms. The van der Waals surface area contributed by atoms with Crippen LogP contribution in [-0.2, 0) is 24.6 Å². The van der Waals surface area contributed by atoms with Crippen molar-refractivity contribution >= 4 is 7.82 Å². The maximum absolute atomic E-state index is 12.3. The van der Waals surface area contributed by atoms with Crippen molar-refractivity contribution in [1.29, 1.82) is 0 Å². The number of rotatable bonds is 6. The van der Waals surface area contributed by atoms with Gasteiger partial charge in [-0.05, 0) is 37.5 Å². The van der Waals surface area contributed by atoms with E-state index >= 15 is 0 Å². The van der Waals surface area contributed by atoms with Crippen LogP contribution in [0.5, 0.6) is 5.75 Å². The summed E-state index contributed by atoms with van der Waals surface area (Å²) in [6.07, 6.45) is 2.41. The average Bonchev–Trinajstić information content (AvgIpc) is 3.08. The predicted octanol–water partition coefficient (Wildman–Crippen LogP) is 4.74. The molecule has 7 heteroatoms. The first-order valence-electron chi connectivity index (χ1n) is 10.2. The number of piperidine rings is 1. The highest BCUT2D eigenvalue weighted by molar-refractivity contribution is 7.50. The maximum Gasteiger partial charge on any atom is 0.482 e. The normalized spacial score (nSPS) is 34.3. The predicted molar refractivity (Wildman–Crippen MR) is 109 cm³/mol. The molecule has 4 fully saturated rings. The zero-order chi connectivity index (χ0) is 20.1. The van der Waals surface area contributed by atoms with Crippen LogP contribution in [0, 0.1) is 0 Å². The molecule has 4 heterocycles. The van der Waals surface area contributed by atoms with Crippen molar-refractivity contribution in [3.8, 4) is 5.75 Å². The van der Waals surface area contributed by atoms with Crippen LogP contribution in [0.15, 0.2) is 54.6 Å². The molecule has 6 nitrogen and oxygen atoms in total. The number of hydrogen-bond donors (Lipinski definition) is 0. The molecule has 4 saturated heterocycles. The summed E-state index contributed by atoms with van der Waals surface area (Å²) in [4.78, 5) is 2.17. The molecule has 2 aromatic rings. The number of benzene rings is 2. The highest BCUT2D eigenvalue weighted by Crippen LogP contribution is 2.80. The van der Waals surface area contributed by atoms with Crippen molar-refractivity contribution in [2.75, 3.05) is 13.2 Å². The number of phosphoric acid groups is 1. The molecule has 4 aliphatic rings. The SMILES string of the molecule is C[C@H](COc1ccccc1Cc1ccccc1)N1CCCC23OP(=O)(O2)O[C@]13C. The summed E-state index contributed by atoms with van der Waals surface area (Å²) in [5.41, 5.74) is 1.57. The zero-order valence-corrected chi connectivity index (χ0v) is 17.6. The Morgan fingerprint density at radius 2 is 1.83 bits per heavy atom. The Morgan fingerprint density at radius 3 is 2.62 bits per heavy atom. The highest BCUT2D eigenvalue weighted by atomic mass is 31.2. The molecule has 0 N–H and O–H groups in total. The van der Waals surface area contributed by atoms with E-state index in [4.69, 9.17) is 18.3 Å². The van der Waals surface area contributed by atoms with Crippen LogP contribution in [-0.4, -0.2) is 35.6 Å². The van der Waals surface area contributed by atoms with Gasteiger partial charge in [0.25, 0.3) is 0 Å². The number of phosphoric ester groups is 1. The van der Waals surface area contributed by atoms with Gasteiger partial charge in [-0.3, -0.25) is 9.42 Å². The molecule has 2 bridgehead atoms. The Kier molecular flexibility index (Phi) is 4.61. The number of nitrogens with zero attached hydrogens (tertiary/aromatic N) is 1. The van der Waals surface area contributed by atoms with Gasteiger partial charge in [0, 0.05) is 25.4 Å². The molecule has 0 amide bonds. The van der Waals surface area contributed by atoms with Crippen molar-refractivity contribution in [3.63, 3.8) is 0 Å². The third kappa shape index (κ3) is 3.15. The van der Waals surface area contributed by atoms with Crippen molar-refractivity contribution in [3.05, 3.63) is 65.7 Å². The average molecular weight is 415 g/mol. The Balaban J connectivity index is 1.29. The van der Waals surface area contributed by atoms with Crippen LogP contribution in [0.25, 0.3) is 0 Å². The lowest BCUT2D eigenvalue weighted by Gasteiger charge is -2.50. The Morgan fingerprint density at radius 1 is 1.10 bits per heavy atom. The maximum atomic E-state index is 12.3. The first kappa shape index (κ1) is 19.3. The van der Waals surface area contributed by atoms with E-state index in [0.29, 0.717) is 13.0 Å². The second kappa shape index (κ2) is 6.93. The van der Waals surface area contributed by atoms with Crippen molar-refractivity contribution in [2.45, 2.75) is 50.7 Å². The van der Waals surface area contributed by atoms with Gasteiger partial charge in [-0.25, -0.2) is 13.6 Å². The molecule has 0 radical (unpaired) electrons. The lowest BCUT2D eigenvalue weighted by molar-refractivity contribution is -0.277. The lowest BCUT2D eigenvalue weighted by Crippen LogP contribution is -2.67. The van der Waals surface area contributed by atoms with Gasteiger partial charge in [-0.2, -0.15) is 0 Å². The van der Waals surface area contributed by atoms with Gasteiger partial charge in [-0.1, -0.05) is 48.5 Å². The van der Waals surface area contributed by atoms with Crippen LogP contribution >= 0.6 is 7.82 Å². The minimum Gasteiger partial charge on any atom is -0.492 e. The monoisotopic (exact) mass is 415 g/mol. The molecule has 4 aliphatic heterocycles. The summed E-state index contributed by atoms with van der Waals surface area (Å²) in [7, 11) is -3.36. The minimum atomic E-state index is -3.36. The first-order chi connectivity index (χ1) is 13.9. The topological polar surface area (TPSA) is 57.2 Å². The van der Waals surface area contributed by atoms with Crippen LogP contribution in [0.1, 0.15) is 37.8 Å². The van der Waals surface area contributed by atoms with Crippen molar-refractivity contribution in [1.82, 2.24) is 4.90 Å². The van der Waals surface area contributed by atoms with E-state index in [2.05, 4.69) is 42.2 Å². The zero-order valence-electron chi connectivity index (χ0n) is 16.7. The fraction of sp³-hybridized carbons (Fsp3) is 0.455. The van der Waals surface area contributed by atoms with Gasteiger partial charge in [0.05, 0.1) is 0 Å². The van der Waals surface area contributed by atoms with E-state index in [-0.39, 0.29) is 6.04 Å². The quantitative estimate of drug-likeness (QED) is 0.636. The molecule has 2 atom stereocenters. The van der Waals surface area contributed by atoms with Crippen molar-refractivity contribution in [2.24, 2.45) is 0 Å². The number of ether oxygens (including phenoxy) is 1. The van der Waals surface area contributed by atoms with E-state index in [0.717, 1.165) is 30.7 Å². The molecule has 0 saturated carbocycles. The molecular formula is C22H26NO5P. The Bertz CT molecular complexity index is 941. The van der Waals surface area contributed by atoms with Crippen molar-refractivity contribution < 1.29 is 22.9 Å².